The van der Waals surface area contributed by atoms with Gasteiger partial charge < -0.3 is 5.32 Å². The Hall–Kier alpha value is -0.870. The molecule has 2 rings (SSSR count). The van der Waals surface area contributed by atoms with E-state index in [9.17, 15) is 4.79 Å². The molecule has 5 heteroatoms. The van der Waals surface area contributed by atoms with E-state index in [1.54, 1.807) is 10.9 Å². The molecule has 1 unspecified atom stereocenters. The van der Waals surface area contributed by atoms with Gasteiger partial charge in [0.25, 0.3) is 0 Å². The van der Waals surface area contributed by atoms with Crippen molar-refractivity contribution < 1.29 is 4.79 Å². The fraction of sp³-hybridized carbons (Fsp3) is 0.636. The lowest BCUT2D eigenvalue weighted by atomic mass is 9.99. The summed E-state index contributed by atoms with van der Waals surface area (Å²) >= 11 is 6.01. The Bertz CT molecular complexity index is 383. The Morgan fingerprint density at radius 3 is 3.12 bits per heavy atom. The van der Waals surface area contributed by atoms with Gasteiger partial charge in [0.05, 0.1) is 17.3 Å². The summed E-state index contributed by atoms with van der Waals surface area (Å²) in [4.78, 5) is 12.3. The Labute approximate surface area is 100.0 Å². The Balaban J connectivity index is 2.21. The van der Waals surface area contributed by atoms with E-state index in [1.165, 1.54) is 0 Å². The third kappa shape index (κ3) is 2.13. The van der Waals surface area contributed by atoms with Gasteiger partial charge in [-0.3, -0.25) is 9.48 Å². The normalized spacial score (nSPS) is 21.0. The number of nitrogens with zero attached hydrogens (tertiary/aromatic N) is 2. The second kappa shape index (κ2) is 4.97. The van der Waals surface area contributed by atoms with Crippen LogP contribution < -0.4 is 5.32 Å². The third-order valence-electron chi connectivity index (χ3n) is 2.95. The minimum Gasteiger partial charge on any atom is -0.307 e. The number of hydrogen-bond acceptors (Lipinski definition) is 3. The first kappa shape index (κ1) is 11.6. The fourth-order valence-electron chi connectivity index (χ4n) is 2.09. The van der Waals surface area contributed by atoms with E-state index in [-0.39, 0.29) is 11.8 Å². The summed E-state index contributed by atoms with van der Waals surface area (Å²) in [6.07, 6.45) is 4.68. The van der Waals surface area contributed by atoms with Crippen molar-refractivity contribution in [2.45, 2.75) is 38.8 Å². The van der Waals surface area contributed by atoms with E-state index in [0.717, 1.165) is 25.8 Å². The van der Waals surface area contributed by atoms with Crippen molar-refractivity contribution >= 4 is 17.4 Å². The van der Waals surface area contributed by atoms with E-state index in [1.807, 2.05) is 6.92 Å². The number of carbonyl (C=O) groups is 1. The maximum atomic E-state index is 12.3. The highest BCUT2D eigenvalue weighted by molar-refractivity contribution is 6.33. The van der Waals surface area contributed by atoms with Crippen molar-refractivity contribution in [2.75, 3.05) is 6.54 Å². The van der Waals surface area contributed by atoms with Crippen LogP contribution in [-0.4, -0.2) is 28.2 Å². The summed E-state index contributed by atoms with van der Waals surface area (Å²) in [5.41, 5.74) is 0.545. The van der Waals surface area contributed by atoms with Crippen molar-refractivity contribution in [1.29, 1.82) is 0 Å². The van der Waals surface area contributed by atoms with Gasteiger partial charge in [-0.1, -0.05) is 18.0 Å². The SMILES string of the molecule is CCn1ncc(Cl)c1C(=O)C1CCCCN1. The van der Waals surface area contributed by atoms with Crippen molar-refractivity contribution in [3.63, 3.8) is 0 Å². The largest absolute Gasteiger partial charge is 0.307 e. The van der Waals surface area contributed by atoms with Crippen LogP contribution >= 0.6 is 11.6 Å². The van der Waals surface area contributed by atoms with Crippen molar-refractivity contribution in [3.8, 4) is 0 Å². The molecule has 1 aliphatic heterocycles. The summed E-state index contributed by atoms with van der Waals surface area (Å²) < 4.78 is 1.67. The number of aryl methyl sites for hydroxylation is 1. The van der Waals surface area contributed by atoms with Gasteiger partial charge in [-0.05, 0) is 26.3 Å². The third-order valence-corrected chi connectivity index (χ3v) is 3.23. The monoisotopic (exact) mass is 241 g/mol. The summed E-state index contributed by atoms with van der Waals surface area (Å²) in [5.74, 6) is 0.0732. The molecule has 0 radical (unpaired) electrons. The lowest BCUT2D eigenvalue weighted by molar-refractivity contribution is 0.0916. The second-order valence-electron chi connectivity index (χ2n) is 4.02. The quantitative estimate of drug-likeness (QED) is 0.822. The van der Waals surface area contributed by atoms with Crippen molar-refractivity contribution in [3.05, 3.63) is 16.9 Å². The van der Waals surface area contributed by atoms with E-state index >= 15 is 0 Å². The van der Waals surface area contributed by atoms with Gasteiger partial charge in [-0.2, -0.15) is 5.10 Å². The number of carbonyl (C=O) groups excluding carboxylic acids is 1. The van der Waals surface area contributed by atoms with Crippen LogP contribution in [-0.2, 0) is 6.54 Å². The molecule has 16 heavy (non-hydrogen) atoms. The van der Waals surface area contributed by atoms with Crippen LogP contribution in [0, 0.1) is 0 Å². The number of nitrogens with one attached hydrogen (secondary N) is 1. The molecule has 0 aromatic carbocycles. The molecule has 1 atom stereocenters. The number of ketones is 1. The molecule has 1 aromatic heterocycles. The summed E-state index contributed by atoms with van der Waals surface area (Å²) in [5, 5.41) is 7.78. The van der Waals surface area contributed by atoms with Crippen molar-refractivity contribution in [1.82, 2.24) is 15.1 Å². The molecule has 0 aliphatic carbocycles. The van der Waals surface area contributed by atoms with Crippen LogP contribution in [0.2, 0.25) is 5.02 Å². The Kier molecular flexibility index (Phi) is 3.61. The Morgan fingerprint density at radius 1 is 1.69 bits per heavy atom. The van der Waals surface area contributed by atoms with Gasteiger partial charge in [-0.15, -0.1) is 0 Å². The predicted molar refractivity (Wildman–Crippen MR) is 62.9 cm³/mol. The molecular formula is C11H16ClN3O. The topological polar surface area (TPSA) is 46.9 Å². The van der Waals surface area contributed by atoms with E-state index in [0.29, 0.717) is 17.3 Å². The molecule has 1 N–H and O–H groups in total. The zero-order valence-corrected chi connectivity index (χ0v) is 10.1. The molecule has 1 saturated heterocycles. The maximum Gasteiger partial charge on any atom is 0.199 e. The molecule has 0 spiro atoms. The number of halogens is 1. The zero-order valence-electron chi connectivity index (χ0n) is 9.37. The molecule has 4 nitrogen and oxygen atoms in total. The minimum absolute atomic E-state index is 0.0732. The highest BCUT2D eigenvalue weighted by Gasteiger charge is 2.26. The summed E-state index contributed by atoms with van der Waals surface area (Å²) in [6, 6.07) is -0.0896. The van der Waals surface area contributed by atoms with E-state index in [2.05, 4.69) is 10.4 Å². The molecular weight excluding hydrogens is 226 g/mol. The highest BCUT2D eigenvalue weighted by atomic mass is 35.5. The average molecular weight is 242 g/mol. The molecule has 0 amide bonds. The van der Waals surface area contributed by atoms with Crippen LogP contribution in [0.15, 0.2) is 6.20 Å². The van der Waals surface area contributed by atoms with Crippen LogP contribution in [0.4, 0.5) is 0 Å². The average Bonchev–Trinajstić information content (AvgIpc) is 2.70. The van der Waals surface area contributed by atoms with Gasteiger partial charge in [0.2, 0.25) is 0 Å². The molecule has 2 heterocycles. The number of aromatic nitrogens is 2. The molecule has 1 fully saturated rings. The van der Waals surface area contributed by atoms with Gasteiger partial charge in [-0.25, -0.2) is 0 Å². The first-order valence-electron chi connectivity index (χ1n) is 5.73. The van der Waals surface area contributed by atoms with Crippen LogP contribution in [0.3, 0.4) is 0 Å². The maximum absolute atomic E-state index is 12.3. The van der Waals surface area contributed by atoms with Crippen LogP contribution in [0.1, 0.15) is 36.7 Å². The lowest BCUT2D eigenvalue weighted by Gasteiger charge is -2.22. The summed E-state index contributed by atoms with van der Waals surface area (Å²) in [6.45, 7) is 3.53. The number of Topliss-reactive ketones (excluding diaryl/α,β-unsaturated/α-hetero) is 1. The Morgan fingerprint density at radius 2 is 2.50 bits per heavy atom. The number of rotatable bonds is 3. The van der Waals surface area contributed by atoms with Crippen LogP contribution in [0.25, 0.3) is 0 Å². The lowest BCUT2D eigenvalue weighted by Crippen LogP contribution is -2.41. The first-order valence-corrected chi connectivity index (χ1v) is 6.10. The van der Waals surface area contributed by atoms with Gasteiger partial charge in [0, 0.05) is 6.54 Å². The molecule has 0 bridgehead atoms. The zero-order chi connectivity index (χ0) is 11.5. The standard InChI is InChI=1S/C11H16ClN3O/c1-2-15-10(8(12)7-14-15)11(16)9-5-3-4-6-13-9/h7,9,13H,2-6H2,1H3. The number of hydrogen-bond donors (Lipinski definition) is 1. The predicted octanol–water partition coefficient (Wildman–Crippen LogP) is 1.88. The molecule has 1 aromatic rings. The first-order chi connectivity index (χ1) is 7.74. The molecule has 88 valence electrons. The van der Waals surface area contributed by atoms with Gasteiger partial charge in [0.1, 0.15) is 5.69 Å². The summed E-state index contributed by atoms with van der Waals surface area (Å²) in [7, 11) is 0. The molecule has 0 saturated carbocycles. The van der Waals surface area contributed by atoms with Gasteiger partial charge in [0.15, 0.2) is 5.78 Å². The minimum atomic E-state index is -0.0896. The highest BCUT2D eigenvalue weighted by Crippen LogP contribution is 2.20. The second-order valence-corrected chi connectivity index (χ2v) is 4.43. The fourth-order valence-corrected chi connectivity index (χ4v) is 2.32. The number of piperidine rings is 1. The van der Waals surface area contributed by atoms with E-state index in [4.69, 9.17) is 11.6 Å². The smallest absolute Gasteiger partial charge is 0.199 e. The van der Waals surface area contributed by atoms with Crippen LogP contribution in [0.5, 0.6) is 0 Å². The van der Waals surface area contributed by atoms with Gasteiger partial charge >= 0.3 is 0 Å². The van der Waals surface area contributed by atoms with Crippen molar-refractivity contribution in [2.24, 2.45) is 0 Å². The molecule has 1 aliphatic rings. The van der Waals surface area contributed by atoms with E-state index < -0.39 is 0 Å².